The van der Waals surface area contributed by atoms with Crippen LogP contribution in [0.4, 0.5) is 5.95 Å². The molecule has 0 atom stereocenters. The van der Waals surface area contributed by atoms with Crippen LogP contribution in [0.25, 0.3) is 0 Å². The van der Waals surface area contributed by atoms with E-state index in [-0.39, 0.29) is 0 Å². The van der Waals surface area contributed by atoms with Crippen molar-refractivity contribution in [3.8, 4) is 0 Å². The molecule has 0 amide bonds. The minimum atomic E-state index is 0.775. The Hall–Kier alpha value is -1.33. The van der Waals surface area contributed by atoms with Crippen LogP contribution in [-0.2, 0) is 11.3 Å². The molecule has 0 radical (unpaired) electrons. The van der Waals surface area contributed by atoms with Crippen molar-refractivity contribution in [1.29, 1.82) is 0 Å². The molecule has 1 N–H and O–H groups in total. The standard InChI is InChI=1S/C14H21N3OS/c1-11-9-13(19-12(11)2)10-17-7-6-16-14(17)15-5-4-8-18-3/h6-7,9H,4-5,8,10H2,1-3H3,(H,15,16). The second-order valence-electron chi connectivity index (χ2n) is 4.60. The van der Waals surface area contributed by atoms with Crippen molar-refractivity contribution in [2.75, 3.05) is 25.6 Å². The smallest absolute Gasteiger partial charge is 0.203 e. The highest BCUT2D eigenvalue weighted by atomic mass is 32.1. The number of hydrogen-bond acceptors (Lipinski definition) is 4. The van der Waals surface area contributed by atoms with E-state index in [1.54, 1.807) is 7.11 Å². The number of aromatic nitrogens is 2. The zero-order valence-electron chi connectivity index (χ0n) is 11.8. The molecule has 0 fully saturated rings. The van der Waals surface area contributed by atoms with Crippen LogP contribution in [0.15, 0.2) is 18.5 Å². The lowest BCUT2D eigenvalue weighted by Gasteiger charge is -2.08. The fourth-order valence-electron chi connectivity index (χ4n) is 1.92. The van der Waals surface area contributed by atoms with Gasteiger partial charge >= 0.3 is 0 Å². The molecule has 0 aliphatic carbocycles. The number of imidazole rings is 1. The van der Waals surface area contributed by atoms with Gasteiger partial charge in [-0.3, -0.25) is 0 Å². The molecule has 0 aromatic carbocycles. The second kappa shape index (κ2) is 6.73. The van der Waals surface area contributed by atoms with Gasteiger partial charge in [-0.15, -0.1) is 11.3 Å². The second-order valence-corrected chi connectivity index (χ2v) is 5.94. The summed E-state index contributed by atoms with van der Waals surface area (Å²) >= 11 is 1.86. The highest BCUT2D eigenvalue weighted by molar-refractivity contribution is 7.12. The third-order valence-electron chi connectivity index (χ3n) is 3.07. The summed E-state index contributed by atoms with van der Waals surface area (Å²) in [6, 6.07) is 2.26. The molecule has 2 aromatic heterocycles. The van der Waals surface area contributed by atoms with Crippen molar-refractivity contribution in [2.45, 2.75) is 26.8 Å². The number of anilines is 1. The number of hydrogen-bond donors (Lipinski definition) is 1. The molecule has 2 heterocycles. The van der Waals surface area contributed by atoms with Crippen LogP contribution in [0.2, 0.25) is 0 Å². The number of rotatable bonds is 7. The lowest BCUT2D eigenvalue weighted by molar-refractivity contribution is 0.197. The Bertz CT molecular complexity index is 499. The number of nitrogens with zero attached hydrogens (tertiary/aromatic N) is 2. The predicted octanol–water partition coefficient (Wildman–Crippen LogP) is 3.06. The lowest BCUT2D eigenvalue weighted by atomic mass is 10.3. The van der Waals surface area contributed by atoms with Crippen molar-refractivity contribution in [2.24, 2.45) is 0 Å². The van der Waals surface area contributed by atoms with Crippen LogP contribution in [0, 0.1) is 13.8 Å². The number of nitrogens with one attached hydrogen (secondary N) is 1. The first-order valence-electron chi connectivity index (χ1n) is 6.50. The molecular formula is C14H21N3OS. The third-order valence-corrected chi connectivity index (χ3v) is 4.20. The third kappa shape index (κ3) is 3.81. The summed E-state index contributed by atoms with van der Waals surface area (Å²) in [6.07, 6.45) is 4.84. The maximum atomic E-state index is 5.04. The van der Waals surface area contributed by atoms with Crippen LogP contribution >= 0.6 is 11.3 Å². The van der Waals surface area contributed by atoms with Gasteiger partial charge in [0.15, 0.2) is 0 Å². The maximum absolute atomic E-state index is 5.04. The molecule has 4 nitrogen and oxygen atoms in total. The predicted molar refractivity (Wildman–Crippen MR) is 80.1 cm³/mol. The van der Waals surface area contributed by atoms with Gasteiger partial charge in [-0.1, -0.05) is 0 Å². The molecule has 104 valence electrons. The SMILES string of the molecule is COCCCNc1nccn1Cc1cc(C)c(C)s1. The van der Waals surface area contributed by atoms with Gasteiger partial charge in [-0.05, 0) is 31.9 Å². The molecule has 0 aliphatic heterocycles. The van der Waals surface area contributed by atoms with Crippen LogP contribution in [-0.4, -0.2) is 29.8 Å². The first kappa shape index (κ1) is 14.1. The van der Waals surface area contributed by atoms with Gasteiger partial charge in [0.1, 0.15) is 0 Å². The van der Waals surface area contributed by atoms with E-state index in [0.717, 1.165) is 32.1 Å². The summed E-state index contributed by atoms with van der Waals surface area (Å²) < 4.78 is 7.19. The molecule has 0 saturated heterocycles. The van der Waals surface area contributed by atoms with Gasteiger partial charge in [-0.25, -0.2) is 4.98 Å². The summed E-state index contributed by atoms with van der Waals surface area (Å²) in [7, 11) is 1.72. The van der Waals surface area contributed by atoms with Crippen LogP contribution in [0.3, 0.4) is 0 Å². The van der Waals surface area contributed by atoms with E-state index in [4.69, 9.17) is 4.74 Å². The van der Waals surface area contributed by atoms with Crippen molar-refractivity contribution in [3.05, 3.63) is 33.8 Å². The summed E-state index contributed by atoms with van der Waals surface area (Å²) in [4.78, 5) is 7.12. The molecule has 19 heavy (non-hydrogen) atoms. The van der Waals surface area contributed by atoms with Crippen molar-refractivity contribution >= 4 is 17.3 Å². The molecule has 2 rings (SSSR count). The Morgan fingerprint density at radius 2 is 2.26 bits per heavy atom. The van der Waals surface area contributed by atoms with E-state index in [1.165, 1.54) is 15.3 Å². The fraction of sp³-hybridized carbons (Fsp3) is 0.500. The summed E-state index contributed by atoms with van der Waals surface area (Å²) in [5.41, 5.74) is 1.37. The first-order valence-corrected chi connectivity index (χ1v) is 7.32. The van der Waals surface area contributed by atoms with Gasteiger partial charge < -0.3 is 14.6 Å². The average molecular weight is 279 g/mol. The summed E-state index contributed by atoms with van der Waals surface area (Å²) in [5.74, 6) is 0.930. The molecule has 2 aromatic rings. The largest absolute Gasteiger partial charge is 0.385 e. The highest BCUT2D eigenvalue weighted by Gasteiger charge is 2.06. The maximum Gasteiger partial charge on any atom is 0.203 e. The Kier molecular flexibility index (Phi) is 4.99. The van der Waals surface area contributed by atoms with Crippen LogP contribution in [0.5, 0.6) is 0 Å². The summed E-state index contributed by atoms with van der Waals surface area (Å²) in [5, 5.41) is 3.35. The highest BCUT2D eigenvalue weighted by Crippen LogP contribution is 2.22. The van der Waals surface area contributed by atoms with Crippen molar-refractivity contribution in [1.82, 2.24) is 9.55 Å². The Morgan fingerprint density at radius 3 is 2.95 bits per heavy atom. The zero-order valence-corrected chi connectivity index (χ0v) is 12.6. The molecule has 5 heteroatoms. The minimum absolute atomic E-state index is 0.775. The zero-order chi connectivity index (χ0) is 13.7. The van der Waals surface area contributed by atoms with Gasteiger partial charge in [0.05, 0.1) is 6.54 Å². The number of ether oxygens (including phenoxy) is 1. The molecular weight excluding hydrogens is 258 g/mol. The van der Waals surface area contributed by atoms with Gasteiger partial charge in [0.2, 0.25) is 5.95 Å². The van der Waals surface area contributed by atoms with Gasteiger partial charge in [0.25, 0.3) is 0 Å². The molecule has 0 unspecified atom stereocenters. The lowest BCUT2D eigenvalue weighted by Crippen LogP contribution is -2.10. The number of methoxy groups -OCH3 is 1. The number of thiophene rings is 1. The van der Waals surface area contributed by atoms with Gasteiger partial charge in [0, 0.05) is 42.4 Å². The van der Waals surface area contributed by atoms with Crippen molar-refractivity contribution < 1.29 is 4.74 Å². The quantitative estimate of drug-likeness (QED) is 0.792. The van der Waals surface area contributed by atoms with E-state index >= 15 is 0 Å². The van der Waals surface area contributed by atoms with E-state index in [2.05, 4.69) is 34.8 Å². The Labute approximate surface area is 118 Å². The molecule has 0 spiro atoms. The normalized spacial score (nSPS) is 10.9. The topological polar surface area (TPSA) is 39.1 Å². The average Bonchev–Trinajstić information content (AvgIpc) is 2.94. The van der Waals surface area contributed by atoms with E-state index < -0.39 is 0 Å². The van der Waals surface area contributed by atoms with Gasteiger partial charge in [-0.2, -0.15) is 0 Å². The fourth-order valence-corrected chi connectivity index (χ4v) is 2.97. The first-order chi connectivity index (χ1) is 9.20. The van der Waals surface area contributed by atoms with E-state index in [9.17, 15) is 0 Å². The number of aryl methyl sites for hydroxylation is 2. The Balaban J connectivity index is 1.95. The summed E-state index contributed by atoms with van der Waals surface area (Å²) in [6.45, 7) is 6.87. The van der Waals surface area contributed by atoms with Crippen molar-refractivity contribution in [3.63, 3.8) is 0 Å². The monoisotopic (exact) mass is 279 g/mol. The molecule has 0 aliphatic rings. The Morgan fingerprint density at radius 1 is 1.42 bits per heavy atom. The van der Waals surface area contributed by atoms with E-state index in [0.29, 0.717) is 0 Å². The minimum Gasteiger partial charge on any atom is -0.385 e. The molecule has 0 saturated carbocycles. The van der Waals surface area contributed by atoms with Crippen LogP contribution < -0.4 is 5.32 Å². The molecule has 0 bridgehead atoms. The van der Waals surface area contributed by atoms with Crippen LogP contribution in [0.1, 0.15) is 21.7 Å². The van der Waals surface area contributed by atoms with E-state index in [1.807, 2.05) is 23.7 Å².